The maximum atomic E-state index is 12.8. The lowest BCUT2D eigenvalue weighted by Gasteiger charge is -2.11. The van der Waals surface area contributed by atoms with Crippen molar-refractivity contribution in [1.82, 2.24) is 0 Å². The molecule has 0 saturated heterocycles. The molecule has 0 aliphatic rings. The van der Waals surface area contributed by atoms with Crippen LogP contribution >= 0.6 is 0 Å². The highest BCUT2D eigenvalue weighted by Gasteiger charge is 2.15. The molecule has 0 spiro atoms. The minimum Gasteiger partial charge on any atom is -0.496 e. The van der Waals surface area contributed by atoms with E-state index in [1.807, 2.05) is 62.4 Å². The summed E-state index contributed by atoms with van der Waals surface area (Å²) in [6.07, 6.45) is 3.35. The van der Waals surface area contributed by atoms with Gasteiger partial charge in [0, 0.05) is 34.3 Å². The summed E-state index contributed by atoms with van der Waals surface area (Å²) in [4.78, 5) is 12.8. The molecule has 0 saturated carbocycles. The molecule has 0 aliphatic carbocycles. The fourth-order valence-corrected chi connectivity index (χ4v) is 4.37. The molecule has 1 amide bonds. The van der Waals surface area contributed by atoms with Gasteiger partial charge in [0.25, 0.3) is 0 Å². The molecular formula is C31H27NO4. The number of methoxy groups -OCH3 is 1. The van der Waals surface area contributed by atoms with E-state index in [1.54, 1.807) is 19.4 Å². The molecule has 1 N–H and O–H groups in total. The first-order chi connectivity index (χ1) is 17.6. The number of anilines is 1. The van der Waals surface area contributed by atoms with Gasteiger partial charge in [-0.1, -0.05) is 36.4 Å². The summed E-state index contributed by atoms with van der Waals surface area (Å²) in [6, 6.07) is 25.9. The molecule has 4 aromatic carbocycles. The Bertz CT molecular complexity index is 1580. The lowest BCUT2D eigenvalue weighted by molar-refractivity contribution is -0.111. The van der Waals surface area contributed by atoms with Gasteiger partial charge >= 0.3 is 0 Å². The Balaban J connectivity index is 1.47. The highest BCUT2D eigenvalue weighted by atomic mass is 16.5. The second-order valence-corrected chi connectivity index (χ2v) is 8.53. The summed E-state index contributed by atoms with van der Waals surface area (Å²) in [7, 11) is 1.62. The van der Waals surface area contributed by atoms with Crippen molar-refractivity contribution in [1.29, 1.82) is 0 Å². The number of fused-ring (bicyclic) bond motifs is 2. The standard InChI is InChI=1S/C31H27NO4/c1-4-35-25-13-11-24(12-14-25)32-31(33)15-20(2)26-17-27-28(19-36-30(27)18-29(26)34-3)23-10-9-21-7-5-6-8-22(21)16-23/h5-19H,4H2,1-3H3,(H,32,33)/b20-15+. The van der Waals surface area contributed by atoms with Gasteiger partial charge in [0.1, 0.15) is 17.1 Å². The average Bonchev–Trinajstić information content (AvgIpc) is 3.31. The largest absolute Gasteiger partial charge is 0.496 e. The zero-order valence-corrected chi connectivity index (χ0v) is 20.5. The van der Waals surface area contributed by atoms with E-state index in [9.17, 15) is 4.79 Å². The Morgan fingerprint density at radius 1 is 0.972 bits per heavy atom. The fourth-order valence-electron chi connectivity index (χ4n) is 4.37. The summed E-state index contributed by atoms with van der Waals surface area (Å²) < 4.78 is 17.0. The van der Waals surface area contributed by atoms with Gasteiger partial charge in [0.15, 0.2) is 0 Å². The second kappa shape index (κ2) is 10.0. The SMILES string of the molecule is CCOc1ccc(NC(=O)/C=C(\C)c2cc3c(-c4ccc5ccccc5c4)coc3cc2OC)cc1. The molecule has 0 unspecified atom stereocenters. The van der Waals surface area contributed by atoms with Crippen molar-refractivity contribution in [3.8, 4) is 22.6 Å². The number of nitrogens with one attached hydrogen (secondary N) is 1. The van der Waals surface area contributed by atoms with Gasteiger partial charge in [-0.2, -0.15) is 0 Å². The van der Waals surface area contributed by atoms with E-state index in [4.69, 9.17) is 13.9 Å². The minimum absolute atomic E-state index is 0.222. The number of benzene rings is 4. The third-order valence-corrected chi connectivity index (χ3v) is 6.16. The van der Waals surface area contributed by atoms with Gasteiger partial charge in [-0.05, 0) is 72.2 Å². The zero-order valence-electron chi connectivity index (χ0n) is 20.5. The van der Waals surface area contributed by atoms with Gasteiger partial charge < -0.3 is 19.2 Å². The lowest BCUT2D eigenvalue weighted by atomic mass is 9.97. The topological polar surface area (TPSA) is 60.7 Å². The Labute approximate surface area is 210 Å². The van der Waals surface area contributed by atoms with Crippen LogP contribution in [0.1, 0.15) is 19.4 Å². The second-order valence-electron chi connectivity index (χ2n) is 8.53. The van der Waals surface area contributed by atoms with Gasteiger partial charge in [0.2, 0.25) is 5.91 Å². The Morgan fingerprint density at radius 2 is 1.75 bits per heavy atom. The van der Waals surface area contributed by atoms with Crippen LogP contribution in [0, 0.1) is 0 Å². The van der Waals surface area contributed by atoms with E-state index in [0.29, 0.717) is 18.0 Å². The number of hydrogen-bond acceptors (Lipinski definition) is 4. The number of amides is 1. The molecule has 1 heterocycles. The molecule has 5 nitrogen and oxygen atoms in total. The highest BCUT2D eigenvalue weighted by molar-refractivity contribution is 6.05. The van der Waals surface area contributed by atoms with Crippen molar-refractivity contribution in [2.24, 2.45) is 0 Å². The van der Waals surface area contributed by atoms with Crippen molar-refractivity contribution in [2.45, 2.75) is 13.8 Å². The minimum atomic E-state index is -0.222. The van der Waals surface area contributed by atoms with Crippen LogP contribution in [-0.4, -0.2) is 19.6 Å². The quantitative estimate of drug-likeness (QED) is 0.244. The van der Waals surface area contributed by atoms with Crippen molar-refractivity contribution in [3.63, 3.8) is 0 Å². The van der Waals surface area contributed by atoms with E-state index < -0.39 is 0 Å². The molecule has 0 fully saturated rings. The number of carbonyl (C=O) groups is 1. The number of carbonyl (C=O) groups excluding carboxylic acids is 1. The van der Waals surface area contributed by atoms with Crippen LogP contribution in [0.2, 0.25) is 0 Å². The van der Waals surface area contributed by atoms with Crippen molar-refractivity contribution >= 4 is 38.9 Å². The summed E-state index contributed by atoms with van der Waals surface area (Å²) in [6.45, 7) is 4.43. The van der Waals surface area contributed by atoms with E-state index in [-0.39, 0.29) is 5.91 Å². The van der Waals surface area contributed by atoms with Crippen molar-refractivity contribution < 1.29 is 18.7 Å². The maximum Gasteiger partial charge on any atom is 0.248 e. The monoisotopic (exact) mass is 477 g/mol. The van der Waals surface area contributed by atoms with Crippen LogP contribution in [0.4, 0.5) is 5.69 Å². The zero-order chi connectivity index (χ0) is 25.1. The van der Waals surface area contributed by atoms with E-state index >= 15 is 0 Å². The molecule has 0 radical (unpaired) electrons. The van der Waals surface area contributed by atoms with Crippen molar-refractivity contribution in [2.75, 3.05) is 19.0 Å². The number of ether oxygens (including phenoxy) is 2. The Kier molecular flexibility index (Phi) is 6.46. The van der Waals surface area contributed by atoms with Gasteiger partial charge in [-0.25, -0.2) is 0 Å². The Hall–Kier alpha value is -4.51. The first kappa shape index (κ1) is 23.2. The molecule has 0 bridgehead atoms. The van der Waals surface area contributed by atoms with E-state index in [0.717, 1.165) is 39.0 Å². The number of allylic oxidation sites excluding steroid dienone is 1. The third kappa shape index (κ3) is 4.68. The predicted molar refractivity (Wildman–Crippen MR) is 146 cm³/mol. The van der Waals surface area contributed by atoms with Crippen LogP contribution in [0.3, 0.4) is 0 Å². The Morgan fingerprint density at radius 3 is 2.50 bits per heavy atom. The molecule has 0 aliphatic heterocycles. The smallest absolute Gasteiger partial charge is 0.248 e. The van der Waals surface area contributed by atoms with Gasteiger partial charge in [-0.15, -0.1) is 0 Å². The van der Waals surface area contributed by atoms with Crippen molar-refractivity contribution in [3.05, 3.63) is 96.8 Å². The van der Waals surface area contributed by atoms with Gasteiger partial charge in [-0.3, -0.25) is 4.79 Å². The summed E-state index contributed by atoms with van der Waals surface area (Å²) in [5, 5.41) is 6.22. The molecule has 36 heavy (non-hydrogen) atoms. The number of furan rings is 1. The maximum absolute atomic E-state index is 12.8. The predicted octanol–water partition coefficient (Wildman–Crippen LogP) is 7.70. The van der Waals surface area contributed by atoms with Gasteiger partial charge in [0.05, 0.1) is 20.0 Å². The van der Waals surface area contributed by atoms with Crippen LogP contribution in [0.15, 0.2) is 95.6 Å². The normalized spacial score (nSPS) is 11.6. The molecule has 5 heteroatoms. The average molecular weight is 478 g/mol. The van der Waals surface area contributed by atoms with E-state index in [1.165, 1.54) is 10.8 Å². The van der Waals surface area contributed by atoms with Crippen LogP contribution in [0.5, 0.6) is 11.5 Å². The molecule has 5 aromatic rings. The van der Waals surface area contributed by atoms with Crippen LogP contribution in [0.25, 0.3) is 38.4 Å². The molecule has 180 valence electrons. The molecule has 0 atom stereocenters. The third-order valence-electron chi connectivity index (χ3n) is 6.16. The molecular weight excluding hydrogens is 450 g/mol. The first-order valence-electron chi connectivity index (χ1n) is 11.9. The number of rotatable bonds is 7. The van der Waals surface area contributed by atoms with Crippen LogP contribution < -0.4 is 14.8 Å². The highest BCUT2D eigenvalue weighted by Crippen LogP contribution is 2.38. The fraction of sp³-hybridized carbons (Fsp3) is 0.129. The summed E-state index contributed by atoms with van der Waals surface area (Å²) >= 11 is 0. The van der Waals surface area contributed by atoms with E-state index in [2.05, 4.69) is 35.6 Å². The lowest BCUT2D eigenvalue weighted by Crippen LogP contribution is -2.08. The molecule has 5 rings (SSSR count). The summed E-state index contributed by atoms with van der Waals surface area (Å²) in [5.41, 5.74) is 5.09. The summed E-state index contributed by atoms with van der Waals surface area (Å²) in [5.74, 6) is 1.19. The first-order valence-corrected chi connectivity index (χ1v) is 11.9. The van der Waals surface area contributed by atoms with Crippen LogP contribution in [-0.2, 0) is 4.79 Å². The number of hydrogen-bond donors (Lipinski definition) is 1. The molecule has 1 aromatic heterocycles.